The SMILES string of the molecule is Cc1ccc(C2CN2P(=O)(CC(Cl)(Cl)Cl)CC(Cl)(Cl)Cl)cc1. The van der Waals surface area contributed by atoms with Gasteiger partial charge >= 0.3 is 0 Å². The fraction of sp³-hybridized carbons (Fsp3) is 0.538. The summed E-state index contributed by atoms with van der Waals surface area (Å²) in [5.74, 6) is 0. The largest absolute Gasteiger partial charge is 0.306 e. The molecule has 9 heteroatoms. The fourth-order valence-corrected chi connectivity index (χ4v) is 8.45. The molecule has 1 aromatic carbocycles. The zero-order valence-corrected chi connectivity index (χ0v) is 17.0. The van der Waals surface area contributed by atoms with Crippen molar-refractivity contribution in [1.82, 2.24) is 4.67 Å². The van der Waals surface area contributed by atoms with E-state index in [-0.39, 0.29) is 18.4 Å². The Balaban J connectivity index is 2.21. The van der Waals surface area contributed by atoms with Crippen molar-refractivity contribution in [2.24, 2.45) is 0 Å². The molecule has 0 bridgehead atoms. The summed E-state index contributed by atoms with van der Waals surface area (Å²) < 4.78 is 11.7. The predicted octanol–water partition coefficient (Wildman–Crippen LogP) is 6.37. The molecule has 0 saturated carbocycles. The fourth-order valence-electron chi connectivity index (χ4n) is 2.40. The second kappa shape index (κ2) is 6.81. The molecule has 124 valence electrons. The van der Waals surface area contributed by atoms with Crippen LogP contribution in [0, 0.1) is 6.92 Å². The number of halogens is 6. The molecule has 0 radical (unpaired) electrons. The summed E-state index contributed by atoms with van der Waals surface area (Å²) in [6, 6.07) is 8.00. The molecule has 0 aliphatic carbocycles. The van der Waals surface area contributed by atoms with Gasteiger partial charge in [0.15, 0.2) is 14.9 Å². The molecule has 1 heterocycles. The van der Waals surface area contributed by atoms with E-state index in [1.807, 2.05) is 31.2 Å². The molecule has 1 aliphatic heterocycles. The van der Waals surface area contributed by atoms with Gasteiger partial charge in [-0.05, 0) is 12.5 Å². The number of aryl methyl sites for hydroxylation is 1. The van der Waals surface area contributed by atoms with E-state index in [0.717, 1.165) is 11.1 Å². The molecule has 2 rings (SSSR count). The Hall–Kier alpha value is 1.15. The third kappa shape index (κ3) is 5.60. The highest BCUT2D eigenvalue weighted by atomic mass is 35.6. The van der Waals surface area contributed by atoms with Crippen LogP contribution in [0.1, 0.15) is 17.2 Å². The summed E-state index contributed by atoms with van der Waals surface area (Å²) in [5, 5.41) is 0. The highest BCUT2D eigenvalue weighted by molar-refractivity contribution is 7.62. The molecule has 1 aliphatic rings. The van der Waals surface area contributed by atoms with E-state index < -0.39 is 14.9 Å². The van der Waals surface area contributed by atoms with Gasteiger partial charge in [0.25, 0.3) is 0 Å². The van der Waals surface area contributed by atoms with Crippen molar-refractivity contribution in [3.8, 4) is 0 Å². The number of alkyl halides is 6. The van der Waals surface area contributed by atoms with E-state index in [4.69, 9.17) is 69.6 Å². The van der Waals surface area contributed by atoms with Gasteiger partial charge in [0.1, 0.15) is 0 Å². The Morgan fingerprint density at radius 3 is 1.91 bits per heavy atom. The van der Waals surface area contributed by atoms with Gasteiger partial charge in [-0.25, -0.2) is 4.67 Å². The monoisotopic (exact) mass is 441 g/mol. The summed E-state index contributed by atoms with van der Waals surface area (Å²) in [7, 11) is -3.12. The molecule has 0 spiro atoms. The summed E-state index contributed by atoms with van der Waals surface area (Å²) in [4.78, 5) is 0. The lowest BCUT2D eigenvalue weighted by molar-refractivity contribution is 0.542. The third-order valence-corrected chi connectivity index (χ3v) is 8.60. The zero-order chi connectivity index (χ0) is 16.8. The van der Waals surface area contributed by atoms with E-state index in [1.54, 1.807) is 4.67 Å². The number of nitrogens with zero attached hydrogens (tertiary/aromatic N) is 1. The Morgan fingerprint density at radius 1 is 1.05 bits per heavy atom. The van der Waals surface area contributed by atoms with Gasteiger partial charge in [-0.15, -0.1) is 0 Å². The molecular formula is C13H14Cl6NOP. The maximum absolute atomic E-state index is 13.3. The minimum absolute atomic E-state index is 0.00568. The van der Waals surface area contributed by atoms with Crippen LogP contribution in [0.4, 0.5) is 0 Å². The van der Waals surface area contributed by atoms with Crippen molar-refractivity contribution in [2.45, 2.75) is 20.6 Å². The van der Waals surface area contributed by atoms with E-state index in [1.165, 1.54) is 0 Å². The lowest BCUT2D eigenvalue weighted by Gasteiger charge is -2.26. The summed E-state index contributed by atoms with van der Waals surface area (Å²) in [6.07, 6.45) is -0.304. The minimum Gasteiger partial charge on any atom is -0.306 e. The first kappa shape index (κ1) is 19.5. The molecule has 2 unspecified atom stereocenters. The minimum atomic E-state index is -3.12. The van der Waals surface area contributed by atoms with Gasteiger partial charge in [-0.1, -0.05) is 99.4 Å². The number of hydrogen-bond acceptors (Lipinski definition) is 1. The van der Waals surface area contributed by atoms with Crippen molar-refractivity contribution in [2.75, 3.05) is 18.9 Å². The smallest absolute Gasteiger partial charge is 0.198 e. The normalized spacial score (nSPS) is 22.7. The van der Waals surface area contributed by atoms with Crippen LogP contribution < -0.4 is 0 Å². The first-order valence-corrected chi connectivity index (χ1v) is 10.7. The molecule has 0 amide bonds. The van der Waals surface area contributed by atoms with E-state index >= 15 is 0 Å². The van der Waals surface area contributed by atoms with Crippen LogP contribution in [0.2, 0.25) is 0 Å². The molecule has 1 fully saturated rings. The zero-order valence-electron chi connectivity index (χ0n) is 11.6. The van der Waals surface area contributed by atoms with Crippen LogP contribution in [0.3, 0.4) is 0 Å². The number of benzene rings is 1. The predicted molar refractivity (Wildman–Crippen MR) is 98.5 cm³/mol. The standard InChI is InChI=1S/C13H14Cl6NOP/c1-9-2-4-10(5-3-9)11-6-20(11)22(21,7-12(14,15)16)8-13(17,18)19/h2-5,11H,6-8H2,1H3. The third-order valence-electron chi connectivity index (χ3n) is 3.37. The second-order valence-corrected chi connectivity index (χ2v) is 13.3. The van der Waals surface area contributed by atoms with E-state index in [9.17, 15) is 4.57 Å². The quantitative estimate of drug-likeness (QED) is 0.306. The summed E-state index contributed by atoms with van der Waals surface area (Å²) >= 11 is 35.0. The Kier molecular flexibility index (Phi) is 6.03. The second-order valence-electron chi connectivity index (χ2n) is 5.44. The van der Waals surface area contributed by atoms with Crippen LogP contribution in [-0.4, -0.2) is 31.1 Å². The van der Waals surface area contributed by atoms with Crippen LogP contribution in [0.15, 0.2) is 24.3 Å². The number of rotatable bonds is 4. The summed E-state index contributed by atoms with van der Waals surface area (Å²) in [5.41, 5.74) is 2.21. The average Bonchev–Trinajstić information content (AvgIpc) is 3.05. The molecule has 2 atom stereocenters. The molecule has 0 N–H and O–H groups in total. The lowest BCUT2D eigenvalue weighted by atomic mass is 10.1. The average molecular weight is 444 g/mol. The molecule has 1 aromatic rings. The first-order valence-electron chi connectivity index (χ1n) is 6.45. The van der Waals surface area contributed by atoms with Gasteiger partial charge < -0.3 is 4.57 Å². The van der Waals surface area contributed by atoms with Crippen molar-refractivity contribution in [1.29, 1.82) is 0 Å². The van der Waals surface area contributed by atoms with Crippen molar-refractivity contribution in [3.05, 3.63) is 35.4 Å². The Bertz CT molecular complexity index is 560. The Morgan fingerprint density at radius 2 is 1.50 bits per heavy atom. The van der Waals surface area contributed by atoms with E-state index in [0.29, 0.717) is 6.54 Å². The van der Waals surface area contributed by atoms with Crippen LogP contribution in [0.25, 0.3) is 0 Å². The highest BCUT2D eigenvalue weighted by Gasteiger charge is 2.53. The van der Waals surface area contributed by atoms with Gasteiger partial charge in [0.05, 0.1) is 18.4 Å². The lowest BCUT2D eigenvalue weighted by Crippen LogP contribution is -2.22. The molecular weight excluding hydrogens is 430 g/mol. The maximum Gasteiger partial charge on any atom is 0.198 e. The van der Waals surface area contributed by atoms with Crippen molar-refractivity contribution >= 4 is 76.9 Å². The first-order chi connectivity index (χ1) is 9.90. The molecule has 1 saturated heterocycles. The van der Waals surface area contributed by atoms with Crippen LogP contribution in [-0.2, 0) is 4.57 Å². The van der Waals surface area contributed by atoms with Crippen LogP contribution in [0.5, 0.6) is 0 Å². The topological polar surface area (TPSA) is 20.1 Å². The molecule has 2 nitrogen and oxygen atoms in total. The van der Waals surface area contributed by atoms with Gasteiger partial charge in [-0.2, -0.15) is 0 Å². The Labute approximate surface area is 160 Å². The van der Waals surface area contributed by atoms with Gasteiger partial charge in [0.2, 0.25) is 0 Å². The van der Waals surface area contributed by atoms with Crippen molar-refractivity contribution in [3.63, 3.8) is 0 Å². The number of hydrogen-bond donors (Lipinski definition) is 0. The summed E-state index contributed by atoms with van der Waals surface area (Å²) in [6.45, 7) is 2.60. The van der Waals surface area contributed by atoms with Gasteiger partial charge in [-0.3, -0.25) is 0 Å². The molecule has 0 aromatic heterocycles. The van der Waals surface area contributed by atoms with Crippen molar-refractivity contribution < 1.29 is 4.57 Å². The van der Waals surface area contributed by atoms with E-state index in [2.05, 4.69) is 0 Å². The maximum atomic E-state index is 13.3. The molecule has 22 heavy (non-hydrogen) atoms. The van der Waals surface area contributed by atoms with Gasteiger partial charge in [0, 0.05) is 6.54 Å². The highest BCUT2D eigenvalue weighted by Crippen LogP contribution is 2.66. The van der Waals surface area contributed by atoms with Crippen LogP contribution >= 0.6 is 76.9 Å².